The van der Waals surface area contributed by atoms with Gasteiger partial charge in [-0.2, -0.15) is 0 Å². The fraction of sp³-hybridized carbons (Fsp3) is 0.190. The van der Waals surface area contributed by atoms with Gasteiger partial charge < -0.3 is 9.84 Å². The fourth-order valence-corrected chi connectivity index (χ4v) is 4.47. The number of aliphatic imine (C=N–C) groups is 1. The predicted octanol–water partition coefficient (Wildman–Crippen LogP) is 3.15. The van der Waals surface area contributed by atoms with E-state index in [1.165, 1.54) is 7.05 Å². The molecule has 4 rings (SSSR count). The summed E-state index contributed by atoms with van der Waals surface area (Å²) in [6.45, 7) is 0. The van der Waals surface area contributed by atoms with Gasteiger partial charge in [0.1, 0.15) is 11.3 Å². The Bertz CT molecular complexity index is 1210. The largest absolute Gasteiger partial charge is 0.497 e. The number of para-hydroxylation sites is 1. The Hall–Kier alpha value is -3.26. The predicted molar refractivity (Wildman–Crippen MR) is 113 cm³/mol. The van der Waals surface area contributed by atoms with E-state index in [4.69, 9.17) is 4.74 Å². The van der Waals surface area contributed by atoms with Crippen molar-refractivity contribution in [2.24, 2.45) is 12.0 Å². The van der Waals surface area contributed by atoms with E-state index >= 15 is 0 Å². The first-order chi connectivity index (χ1) is 14.0. The van der Waals surface area contributed by atoms with E-state index in [2.05, 4.69) is 9.98 Å². The average molecular weight is 409 g/mol. The smallest absolute Gasteiger partial charge is 0.330 e. The Morgan fingerprint density at radius 1 is 1.17 bits per heavy atom. The number of fused-ring (bicyclic) bond motifs is 1. The summed E-state index contributed by atoms with van der Waals surface area (Å²) >= 11 is 1.64. The molecule has 1 aromatic heterocycles. The second-order valence-corrected chi connectivity index (χ2v) is 7.87. The van der Waals surface area contributed by atoms with Crippen LogP contribution in [0.1, 0.15) is 22.8 Å². The molecule has 7 nitrogen and oxygen atoms in total. The molecule has 0 spiro atoms. The number of ether oxygens (including phenoxy) is 1. The van der Waals surface area contributed by atoms with Crippen LogP contribution in [0.2, 0.25) is 0 Å². The summed E-state index contributed by atoms with van der Waals surface area (Å²) in [5, 5.41) is 10.5. The molecule has 3 aromatic rings. The summed E-state index contributed by atoms with van der Waals surface area (Å²) in [7, 11) is 3.02. The van der Waals surface area contributed by atoms with Crippen LogP contribution in [0.5, 0.6) is 11.6 Å². The van der Waals surface area contributed by atoms with Crippen molar-refractivity contribution in [2.45, 2.75) is 16.6 Å². The van der Waals surface area contributed by atoms with E-state index in [9.17, 15) is 14.7 Å². The van der Waals surface area contributed by atoms with Crippen LogP contribution >= 0.6 is 11.8 Å². The average Bonchev–Trinajstić information content (AvgIpc) is 2.92. The number of rotatable bonds is 3. The number of nitrogens with zero attached hydrogens (tertiary/aromatic N) is 2. The van der Waals surface area contributed by atoms with Gasteiger partial charge in [-0.1, -0.05) is 24.3 Å². The Balaban J connectivity index is 1.87. The summed E-state index contributed by atoms with van der Waals surface area (Å²) in [6, 6.07) is 15.4. The van der Waals surface area contributed by atoms with Crippen molar-refractivity contribution in [1.29, 1.82) is 0 Å². The lowest BCUT2D eigenvalue weighted by Gasteiger charge is -2.17. The number of hydrogen-bond donors (Lipinski definition) is 2. The molecule has 2 heterocycles. The van der Waals surface area contributed by atoms with Crippen LogP contribution in [-0.2, 0) is 7.05 Å². The Morgan fingerprint density at radius 2 is 1.90 bits per heavy atom. The van der Waals surface area contributed by atoms with Gasteiger partial charge in [-0.3, -0.25) is 19.3 Å². The summed E-state index contributed by atoms with van der Waals surface area (Å²) < 4.78 is 6.25. The maximum absolute atomic E-state index is 12.5. The molecule has 0 saturated carbocycles. The van der Waals surface area contributed by atoms with Gasteiger partial charge in [-0.15, -0.1) is 11.8 Å². The lowest BCUT2D eigenvalue weighted by molar-refractivity contribution is 0.414. The normalized spacial score (nSPS) is 15.9. The molecule has 0 fully saturated rings. The number of hydrogen-bond acceptors (Lipinski definition) is 6. The van der Waals surface area contributed by atoms with Crippen molar-refractivity contribution in [2.75, 3.05) is 7.11 Å². The van der Waals surface area contributed by atoms with E-state index in [-0.39, 0.29) is 10.8 Å². The third-order valence-electron chi connectivity index (χ3n) is 4.84. The third kappa shape index (κ3) is 3.58. The second kappa shape index (κ2) is 7.63. The van der Waals surface area contributed by atoms with Crippen molar-refractivity contribution in [3.63, 3.8) is 0 Å². The van der Waals surface area contributed by atoms with Gasteiger partial charge in [-0.05, 0) is 29.8 Å². The summed E-state index contributed by atoms with van der Waals surface area (Å²) in [6.07, 6.45) is 0.403. The zero-order valence-corrected chi connectivity index (χ0v) is 16.7. The molecule has 0 saturated heterocycles. The maximum atomic E-state index is 12.5. The topological polar surface area (TPSA) is 96.7 Å². The fourth-order valence-electron chi connectivity index (χ4n) is 3.24. The van der Waals surface area contributed by atoms with Crippen molar-refractivity contribution >= 4 is 23.2 Å². The van der Waals surface area contributed by atoms with Gasteiger partial charge in [-0.25, -0.2) is 4.79 Å². The van der Waals surface area contributed by atoms with Crippen LogP contribution in [0.4, 0.5) is 5.69 Å². The highest BCUT2D eigenvalue weighted by Crippen LogP contribution is 2.45. The van der Waals surface area contributed by atoms with Crippen LogP contribution in [0, 0.1) is 0 Å². The molecule has 2 N–H and O–H groups in total. The number of aromatic nitrogens is 2. The standard InChI is InChI=1S/C21H19N3O4S/c1-24-20(26)18(19(25)23-21(24)27)15-11-17(12-7-9-13(28-2)10-8-12)29-16-6-4-3-5-14(16)22-15/h3-10,17,26H,11H2,1-2H3,(H,23,25,27). The van der Waals surface area contributed by atoms with Crippen molar-refractivity contribution in [1.82, 2.24) is 9.55 Å². The highest BCUT2D eigenvalue weighted by atomic mass is 32.2. The number of thioether (sulfide) groups is 1. The molecule has 1 unspecified atom stereocenters. The Kier molecular flexibility index (Phi) is 5.02. The summed E-state index contributed by atoms with van der Waals surface area (Å²) in [4.78, 5) is 32.2. The molecular formula is C21H19N3O4S. The molecule has 8 heteroatoms. The number of benzene rings is 2. The monoisotopic (exact) mass is 409 g/mol. The lowest BCUT2D eigenvalue weighted by atomic mass is 10.0. The minimum Gasteiger partial charge on any atom is -0.497 e. The van der Waals surface area contributed by atoms with Gasteiger partial charge in [0.25, 0.3) is 5.56 Å². The van der Waals surface area contributed by atoms with Crippen LogP contribution in [0.3, 0.4) is 0 Å². The lowest BCUT2D eigenvalue weighted by Crippen LogP contribution is -2.32. The van der Waals surface area contributed by atoms with Crippen molar-refractivity contribution < 1.29 is 9.84 Å². The first-order valence-corrected chi connectivity index (χ1v) is 9.85. The highest BCUT2D eigenvalue weighted by molar-refractivity contribution is 7.99. The molecule has 0 aliphatic carbocycles. The Morgan fingerprint density at radius 3 is 2.62 bits per heavy atom. The molecule has 0 bridgehead atoms. The van der Waals surface area contributed by atoms with Crippen LogP contribution in [-0.4, -0.2) is 27.5 Å². The van der Waals surface area contributed by atoms with Crippen molar-refractivity contribution in [3.8, 4) is 11.6 Å². The molecule has 2 aromatic carbocycles. The molecule has 0 amide bonds. The van der Waals surface area contributed by atoms with Crippen LogP contribution in [0.25, 0.3) is 0 Å². The second-order valence-electron chi connectivity index (χ2n) is 6.63. The molecule has 1 atom stereocenters. The third-order valence-corrected chi connectivity index (χ3v) is 6.16. The van der Waals surface area contributed by atoms with Crippen LogP contribution in [0.15, 0.2) is 68.0 Å². The molecular weight excluding hydrogens is 390 g/mol. The van der Waals surface area contributed by atoms with Gasteiger partial charge in [0, 0.05) is 23.6 Å². The zero-order valence-electron chi connectivity index (χ0n) is 15.9. The minimum atomic E-state index is -0.674. The van der Waals surface area contributed by atoms with Gasteiger partial charge in [0.05, 0.1) is 18.5 Å². The van der Waals surface area contributed by atoms with E-state index in [1.54, 1.807) is 18.9 Å². The van der Waals surface area contributed by atoms with E-state index < -0.39 is 17.1 Å². The zero-order chi connectivity index (χ0) is 20.5. The first kappa shape index (κ1) is 19.1. The number of aromatic amines is 1. The molecule has 1 aliphatic heterocycles. The highest BCUT2D eigenvalue weighted by Gasteiger charge is 2.26. The van der Waals surface area contributed by atoms with Crippen molar-refractivity contribution in [3.05, 3.63) is 80.5 Å². The summed E-state index contributed by atoms with van der Waals surface area (Å²) in [5.74, 6) is 0.365. The molecule has 148 valence electrons. The quantitative estimate of drug-likeness (QED) is 0.693. The van der Waals surface area contributed by atoms with E-state index in [0.717, 1.165) is 26.5 Å². The molecule has 1 aliphatic rings. The summed E-state index contributed by atoms with van der Waals surface area (Å²) in [5.41, 5.74) is 0.881. The number of H-pyrrole nitrogens is 1. The van der Waals surface area contributed by atoms with E-state index in [1.807, 2.05) is 48.5 Å². The number of aromatic hydroxyl groups is 1. The maximum Gasteiger partial charge on any atom is 0.330 e. The molecule has 29 heavy (non-hydrogen) atoms. The minimum absolute atomic E-state index is 0.0166. The van der Waals surface area contributed by atoms with Gasteiger partial charge in [0.2, 0.25) is 5.88 Å². The van der Waals surface area contributed by atoms with Crippen LogP contribution < -0.4 is 16.0 Å². The Labute approximate surface area is 170 Å². The van der Waals surface area contributed by atoms with E-state index in [0.29, 0.717) is 12.1 Å². The SMILES string of the molecule is COc1ccc(C2CC(c3c(O)n(C)c(=O)[nH]c3=O)=Nc3ccccc3S2)cc1. The number of nitrogens with one attached hydrogen (secondary N) is 1. The van der Waals surface area contributed by atoms with Gasteiger partial charge >= 0.3 is 5.69 Å². The first-order valence-electron chi connectivity index (χ1n) is 8.97. The number of methoxy groups -OCH3 is 1. The van der Waals surface area contributed by atoms with Gasteiger partial charge in [0.15, 0.2) is 0 Å². The molecule has 0 radical (unpaired) electrons.